The molecule has 2 atom stereocenters. The maximum absolute atomic E-state index is 11.8. The van der Waals surface area contributed by atoms with E-state index in [2.05, 4.69) is 4.90 Å². The first-order valence-corrected chi connectivity index (χ1v) is 8.02. The summed E-state index contributed by atoms with van der Waals surface area (Å²) in [4.78, 5) is 15.6. The summed E-state index contributed by atoms with van der Waals surface area (Å²) in [6, 6.07) is -0.0538. The van der Waals surface area contributed by atoms with Crippen LogP contribution in [0, 0.1) is 0 Å². The minimum atomic E-state index is -2.94. The van der Waals surface area contributed by atoms with Gasteiger partial charge in [0.2, 0.25) is 5.91 Å². The third kappa shape index (κ3) is 2.92. The third-order valence-corrected chi connectivity index (χ3v) is 5.28. The van der Waals surface area contributed by atoms with Crippen LogP contribution in [0.1, 0.15) is 6.92 Å². The summed E-state index contributed by atoms with van der Waals surface area (Å²) in [6.07, 6.45) is 0. The van der Waals surface area contributed by atoms with Gasteiger partial charge < -0.3 is 4.90 Å². The molecule has 7 heteroatoms. The van der Waals surface area contributed by atoms with Crippen LogP contribution in [0.5, 0.6) is 0 Å². The number of rotatable bonds is 1. The standard InChI is InChI=1S/C10H17ClN2O3S/c1-8(11)10(14)13-3-2-12-4-5-17(15,16)7-9(12)6-13/h8-9H,2-7H2,1H3. The highest BCUT2D eigenvalue weighted by Crippen LogP contribution is 2.18. The molecule has 0 radical (unpaired) electrons. The lowest BCUT2D eigenvalue weighted by Crippen LogP contribution is -2.61. The van der Waals surface area contributed by atoms with Crippen molar-refractivity contribution in [3.8, 4) is 0 Å². The van der Waals surface area contributed by atoms with Gasteiger partial charge in [0.1, 0.15) is 5.38 Å². The van der Waals surface area contributed by atoms with Crippen LogP contribution in [0.2, 0.25) is 0 Å². The largest absolute Gasteiger partial charge is 0.339 e. The summed E-state index contributed by atoms with van der Waals surface area (Å²) in [5, 5.41) is -0.540. The summed E-state index contributed by atoms with van der Waals surface area (Å²) >= 11 is 5.77. The van der Waals surface area contributed by atoms with Crippen molar-refractivity contribution in [3.63, 3.8) is 0 Å². The molecule has 0 N–H and O–H groups in total. The Labute approximate surface area is 107 Å². The highest BCUT2D eigenvalue weighted by Gasteiger charge is 2.36. The first-order valence-electron chi connectivity index (χ1n) is 5.76. The van der Waals surface area contributed by atoms with Gasteiger partial charge in [-0.2, -0.15) is 0 Å². The summed E-state index contributed by atoms with van der Waals surface area (Å²) in [7, 11) is -2.94. The fourth-order valence-electron chi connectivity index (χ4n) is 2.43. The molecule has 2 rings (SSSR count). The molecule has 2 aliphatic rings. The molecule has 2 unspecified atom stereocenters. The van der Waals surface area contributed by atoms with Crippen LogP contribution in [0.3, 0.4) is 0 Å². The van der Waals surface area contributed by atoms with Crippen molar-refractivity contribution in [2.75, 3.05) is 37.7 Å². The number of carbonyl (C=O) groups is 1. The number of nitrogens with zero attached hydrogens (tertiary/aromatic N) is 2. The van der Waals surface area contributed by atoms with Gasteiger partial charge in [-0.15, -0.1) is 11.6 Å². The van der Waals surface area contributed by atoms with Gasteiger partial charge in [-0.3, -0.25) is 9.69 Å². The average Bonchev–Trinajstić information content (AvgIpc) is 2.25. The smallest absolute Gasteiger partial charge is 0.240 e. The fraction of sp³-hybridized carbons (Fsp3) is 0.900. The van der Waals surface area contributed by atoms with E-state index >= 15 is 0 Å². The van der Waals surface area contributed by atoms with E-state index in [0.29, 0.717) is 19.6 Å². The Balaban J connectivity index is 2.04. The van der Waals surface area contributed by atoms with Crippen LogP contribution in [-0.4, -0.2) is 73.2 Å². The number of alkyl halides is 1. The van der Waals surface area contributed by atoms with Gasteiger partial charge in [-0.25, -0.2) is 8.42 Å². The molecule has 0 saturated carbocycles. The third-order valence-electron chi connectivity index (χ3n) is 3.39. The van der Waals surface area contributed by atoms with Gasteiger partial charge in [0.25, 0.3) is 0 Å². The first-order chi connectivity index (χ1) is 7.89. The number of piperazine rings is 1. The Hall–Kier alpha value is -0.330. The molecule has 17 heavy (non-hydrogen) atoms. The summed E-state index contributed by atoms with van der Waals surface area (Å²) in [6.45, 7) is 4.11. The van der Waals surface area contributed by atoms with Crippen LogP contribution in [-0.2, 0) is 14.6 Å². The fourth-order valence-corrected chi connectivity index (χ4v) is 4.15. The van der Waals surface area contributed by atoms with Crippen molar-refractivity contribution in [2.45, 2.75) is 18.3 Å². The van der Waals surface area contributed by atoms with E-state index in [1.165, 1.54) is 0 Å². The second-order valence-electron chi connectivity index (χ2n) is 4.70. The zero-order chi connectivity index (χ0) is 12.6. The molecule has 0 aliphatic carbocycles. The number of hydrogen-bond donors (Lipinski definition) is 0. The van der Waals surface area contributed by atoms with E-state index in [9.17, 15) is 13.2 Å². The topological polar surface area (TPSA) is 57.7 Å². The van der Waals surface area contributed by atoms with Crippen molar-refractivity contribution >= 4 is 27.3 Å². The molecular formula is C10H17ClN2O3S. The number of halogens is 1. The number of carbonyl (C=O) groups excluding carboxylic acids is 1. The van der Waals surface area contributed by atoms with Crippen molar-refractivity contribution in [1.82, 2.24) is 9.80 Å². The van der Waals surface area contributed by atoms with Crippen LogP contribution >= 0.6 is 11.6 Å². The highest BCUT2D eigenvalue weighted by molar-refractivity contribution is 7.91. The molecule has 98 valence electrons. The molecule has 2 fully saturated rings. The second-order valence-corrected chi connectivity index (χ2v) is 7.59. The second kappa shape index (κ2) is 4.74. The lowest BCUT2D eigenvalue weighted by atomic mass is 10.1. The Morgan fingerprint density at radius 1 is 1.35 bits per heavy atom. The van der Waals surface area contributed by atoms with Crippen molar-refractivity contribution in [2.24, 2.45) is 0 Å². The number of hydrogen-bond acceptors (Lipinski definition) is 4. The molecule has 0 aromatic carbocycles. The van der Waals surface area contributed by atoms with Crippen molar-refractivity contribution in [3.05, 3.63) is 0 Å². The molecule has 2 saturated heterocycles. The summed E-state index contributed by atoms with van der Waals surface area (Å²) in [5.74, 6) is 0.297. The van der Waals surface area contributed by atoms with Crippen LogP contribution in [0.15, 0.2) is 0 Å². The molecule has 0 aromatic heterocycles. The Morgan fingerprint density at radius 2 is 2.06 bits per heavy atom. The van der Waals surface area contributed by atoms with Gasteiger partial charge in [-0.1, -0.05) is 0 Å². The molecule has 2 heterocycles. The zero-order valence-electron chi connectivity index (χ0n) is 9.80. The van der Waals surface area contributed by atoms with E-state index in [0.717, 1.165) is 6.54 Å². The van der Waals surface area contributed by atoms with Crippen molar-refractivity contribution < 1.29 is 13.2 Å². The molecule has 0 spiro atoms. The lowest BCUT2D eigenvalue weighted by molar-refractivity contribution is -0.133. The quantitative estimate of drug-likeness (QED) is 0.611. The van der Waals surface area contributed by atoms with Crippen LogP contribution in [0.4, 0.5) is 0 Å². The van der Waals surface area contributed by atoms with Gasteiger partial charge in [0.15, 0.2) is 9.84 Å². The van der Waals surface area contributed by atoms with E-state index in [-0.39, 0.29) is 23.5 Å². The molecule has 0 bridgehead atoms. The summed E-state index contributed by atoms with van der Waals surface area (Å²) < 4.78 is 23.1. The Morgan fingerprint density at radius 3 is 2.71 bits per heavy atom. The van der Waals surface area contributed by atoms with E-state index in [1.807, 2.05) is 0 Å². The van der Waals surface area contributed by atoms with Crippen molar-refractivity contribution in [1.29, 1.82) is 0 Å². The normalized spacial score (nSPS) is 30.7. The molecule has 1 amide bonds. The van der Waals surface area contributed by atoms with Crippen LogP contribution in [0.25, 0.3) is 0 Å². The predicted molar refractivity (Wildman–Crippen MR) is 65.9 cm³/mol. The van der Waals surface area contributed by atoms with Gasteiger partial charge >= 0.3 is 0 Å². The minimum Gasteiger partial charge on any atom is -0.339 e. The predicted octanol–water partition coefficient (Wildman–Crippen LogP) is -0.445. The van der Waals surface area contributed by atoms with Gasteiger partial charge in [-0.05, 0) is 6.92 Å². The van der Waals surface area contributed by atoms with Crippen LogP contribution < -0.4 is 0 Å². The van der Waals surface area contributed by atoms with E-state index < -0.39 is 15.2 Å². The number of fused-ring (bicyclic) bond motifs is 1. The highest BCUT2D eigenvalue weighted by atomic mass is 35.5. The number of amides is 1. The molecular weight excluding hydrogens is 264 g/mol. The SMILES string of the molecule is CC(Cl)C(=O)N1CCN2CCS(=O)(=O)CC2C1. The maximum Gasteiger partial charge on any atom is 0.240 e. The van der Waals surface area contributed by atoms with Gasteiger partial charge in [0, 0.05) is 32.2 Å². The molecule has 0 aromatic rings. The summed E-state index contributed by atoms with van der Waals surface area (Å²) in [5.41, 5.74) is 0. The molecule has 5 nitrogen and oxygen atoms in total. The first kappa shape index (κ1) is 13.1. The minimum absolute atomic E-state index is 0.0538. The van der Waals surface area contributed by atoms with E-state index in [1.54, 1.807) is 11.8 Å². The van der Waals surface area contributed by atoms with E-state index in [4.69, 9.17) is 11.6 Å². The number of sulfone groups is 1. The maximum atomic E-state index is 11.8. The zero-order valence-corrected chi connectivity index (χ0v) is 11.4. The Bertz CT molecular complexity index is 410. The van der Waals surface area contributed by atoms with Gasteiger partial charge in [0.05, 0.1) is 11.5 Å². The molecule has 2 aliphatic heterocycles. The average molecular weight is 281 g/mol. The Kier molecular flexibility index (Phi) is 3.66. The lowest BCUT2D eigenvalue weighted by Gasteiger charge is -2.43. The monoisotopic (exact) mass is 280 g/mol.